The molecule has 1 aromatic heterocycles. The maximum absolute atomic E-state index is 5.19. The molecule has 23 heavy (non-hydrogen) atoms. The second-order valence-corrected chi connectivity index (χ2v) is 6.13. The van der Waals surface area contributed by atoms with Crippen LogP contribution in [0.1, 0.15) is 16.0 Å². The van der Waals surface area contributed by atoms with E-state index >= 15 is 0 Å². The zero-order valence-corrected chi connectivity index (χ0v) is 17.1. The second kappa shape index (κ2) is 9.77. The number of thiophene rings is 1. The summed E-state index contributed by atoms with van der Waals surface area (Å²) in [6, 6.07) is 10.3. The fraction of sp³-hybridized carbons (Fsp3) is 0.353. The van der Waals surface area contributed by atoms with E-state index in [9.17, 15) is 0 Å². The first-order valence-corrected chi connectivity index (χ1v) is 8.09. The van der Waals surface area contributed by atoms with Crippen molar-refractivity contribution in [1.82, 2.24) is 10.2 Å². The molecule has 0 radical (unpaired) electrons. The molecule has 0 amide bonds. The molecule has 0 saturated carbocycles. The topological polar surface area (TPSA) is 36.9 Å². The Hall–Kier alpha value is -1.28. The SMILES string of the molecule is CN=C(NCc1sccc1C)N(C)Cc1ccc(OC)cc1.I. The first-order valence-electron chi connectivity index (χ1n) is 7.21. The monoisotopic (exact) mass is 445 g/mol. The maximum Gasteiger partial charge on any atom is 0.193 e. The molecule has 0 bridgehead atoms. The number of halogens is 1. The van der Waals surface area contributed by atoms with Crippen LogP contribution in [0.5, 0.6) is 5.75 Å². The fourth-order valence-corrected chi connectivity index (χ4v) is 3.05. The summed E-state index contributed by atoms with van der Waals surface area (Å²) in [5.74, 6) is 1.77. The smallest absolute Gasteiger partial charge is 0.193 e. The Morgan fingerprint density at radius 3 is 2.48 bits per heavy atom. The average Bonchev–Trinajstić information content (AvgIpc) is 2.94. The van der Waals surface area contributed by atoms with Gasteiger partial charge in [0.05, 0.1) is 13.7 Å². The second-order valence-electron chi connectivity index (χ2n) is 5.13. The first-order chi connectivity index (χ1) is 10.6. The Morgan fingerprint density at radius 2 is 1.96 bits per heavy atom. The van der Waals surface area contributed by atoms with Crippen molar-refractivity contribution in [3.05, 3.63) is 51.7 Å². The summed E-state index contributed by atoms with van der Waals surface area (Å²) >= 11 is 1.77. The lowest BCUT2D eigenvalue weighted by Crippen LogP contribution is -2.37. The molecule has 1 heterocycles. The number of hydrogen-bond acceptors (Lipinski definition) is 3. The van der Waals surface area contributed by atoms with Crippen LogP contribution in [0.4, 0.5) is 0 Å². The summed E-state index contributed by atoms with van der Waals surface area (Å²) in [7, 11) is 5.54. The third-order valence-electron chi connectivity index (χ3n) is 3.53. The van der Waals surface area contributed by atoms with Gasteiger partial charge in [0.15, 0.2) is 5.96 Å². The number of nitrogens with zero attached hydrogens (tertiary/aromatic N) is 2. The van der Waals surface area contributed by atoms with Crippen LogP contribution in [-0.2, 0) is 13.1 Å². The molecule has 0 spiro atoms. The predicted molar refractivity (Wildman–Crippen MR) is 109 cm³/mol. The van der Waals surface area contributed by atoms with Gasteiger partial charge in [-0.3, -0.25) is 4.99 Å². The van der Waals surface area contributed by atoms with Gasteiger partial charge in [-0.15, -0.1) is 35.3 Å². The molecule has 2 aromatic rings. The highest BCUT2D eigenvalue weighted by Crippen LogP contribution is 2.15. The quantitative estimate of drug-likeness (QED) is 0.431. The van der Waals surface area contributed by atoms with Crippen LogP contribution in [0, 0.1) is 6.92 Å². The summed E-state index contributed by atoms with van der Waals surface area (Å²) in [5.41, 5.74) is 2.55. The van der Waals surface area contributed by atoms with Crippen molar-refractivity contribution in [2.75, 3.05) is 21.2 Å². The van der Waals surface area contributed by atoms with E-state index in [0.29, 0.717) is 0 Å². The van der Waals surface area contributed by atoms with Crippen molar-refractivity contribution in [2.45, 2.75) is 20.0 Å². The lowest BCUT2D eigenvalue weighted by Gasteiger charge is -2.22. The van der Waals surface area contributed by atoms with Gasteiger partial charge in [0.25, 0.3) is 0 Å². The number of hydrogen-bond donors (Lipinski definition) is 1. The summed E-state index contributed by atoms with van der Waals surface area (Å²) in [4.78, 5) is 7.82. The Morgan fingerprint density at radius 1 is 1.26 bits per heavy atom. The van der Waals surface area contributed by atoms with Gasteiger partial charge in [0, 0.05) is 25.5 Å². The number of ether oxygens (including phenoxy) is 1. The summed E-state index contributed by atoms with van der Waals surface area (Å²) in [5, 5.41) is 5.54. The highest BCUT2D eigenvalue weighted by Gasteiger charge is 2.08. The molecule has 0 unspecified atom stereocenters. The van der Waals surface area contributed by atoms with E-state index in [4.69, 9.17) is 4.74 Å². The van der Waals surface area contributed by atoms with E-state index < -0.39 is 0 Å². The molecule has 126 valence electrons. The molecule has 1 N–H and O–H groups in total. The Kier molecular flexibility index (Phi) is 8.40. The molecular formula is C17H24IN3OS. The van der Waals surface area contributed by atoms with Gasteiger partial charge in [-0.25, -0.2) is 0 Å². The molecule has 2 rings (SSSR count). The van der Waals surface area contributed by atoms with Gasteiger partial charge in [0.1, 0.15) is 5.75 Å². The summed E-state index contributed by atoms with van der Waals surface area (Å²) in [6.45, 7) is 3.74. The highest BCUT2D eigenvalue weighted by atomic mass is 127. The lowest BCUT2D eigenvalue weighted by molar-refractivity contribution is 0.414. The molecule has 4 nitrogen and oxygen atoms in total. The molecule has 0 aliphatic carbocycles. The third-order valence-corrected chi connectivity index (χ3v) is 4.55. The predicted octanol–water partition coefficient (Wildman–Crippen LogP) is 3.89. The summed E-state index contributed by atoms with van der Waals surface area (Å²) < 4.78 is 5.19. The zero-order valence-electron chi connectivity index (χ0n) is 14.0. The molecule has 0 saturated heterocycles. The van der Waals surface area contributed by atoms with Crippen LogP contribution in [-0.4, -0.2) is 32.1 Å². The zero-order chi connectivity index (χ0) is 15.9. The van der Waals surface area contributed by atoms with Crippen LogP contribution in [0.3, 0.4) is 0 Å². The van der Waals surface area contributed by atoms with Crippen molar-refractivity contribution < 1.29 is 4.74 Å². The Labute approximate surface area is 159 Å². The molecule has 0 fully saturated rings. The molecule has 0 aliphatic heterocycles. The van der Waals surface area contributed by atoms with Gasteiger partial charge < -0.3 is 15.0 Å². The van der Waals surface area contributed by atoms with Crippen molar-refractivity contribution in [3.63, 3.8) is 0 Å². The van der Waals surface area contributed by atoms with Gasteiger partial charge in [-0.1, -0.05) is 12.1 Å². The first kappa shape index (κ1) is 19.8. The van der Waals surface area contributed by atoms with Crippen molar-refractivity contribution >= 4 is 41.3 Å². The molecule has 6 heteroatoms. The van der Waals surface area contributed by atoms with Gasteiger partial charge in [0.2, 0.25) is 0 Å². The van der Waals surface area contributed by atoms with Gasteiger partial charge in [-0.05, 0) is 41.6 Å². The van der Waals surface area contributed by atoms with E-state index in [1.807, 2.05) is 26.2 Å². The van der Waals surface area contributed by atoms with Crippen molar-refractivity contribution in [1.29, 1.82) is 0 Å². The number of aliphatic imine (C=N–C) groups is 1. The normalized spacial score (nSPS) is 10.9. The van der Waals surface area contributed by atoms with E-state index in [2.05, 4.69) is 45.7 Å². The van der Waals surface area contributed by atoms with Gasteiger partial charge >= 0.3 is 0 Å². The fourth-order valence-electron chi connectivity index (χ4n) is 2.21. The minimum absolute atomic E-state index is 0. The van der Waals surface area contributed by atoms with E-state index in [1.165, 1.54) is 16.0 Å². The summed E-state index contributed by atoms with van der Waals surface area (Å²) in [6.07, 6.45) is 0. The Balaban J connectivity index is 0.00000264. The maximum atomic E-state index is 5.19. The number of rotatable bonds is 5. The van der Waals surface area contributed by atoms with E-state index in [-0.39, 0.29) is 24.0 Å². The molecule has 0 aliphatic rings. The number of methoxy groups -OCH3 is 1. The van der Waals surface area contributed by atoms with Crippen LogP contribution in [0.2, 0.25) is 0 Å². The number of nitrogens with one attached hydrogen (secondary N) is 1. The minimum atomic E-state index is 0. The van der Waals surface area contributed by atoms with E-state index in [1.54, 1.807) is 18.4 Å². The van der Waals surface area contributed by atoms with E-state index in [0.717, 1.165) is 24.8 Å². The standard InChI is InChI=1S/C17H23N3OS.HI/c1-13-9-10-22-16(13)11-19-17(18-2)20(3)12-14-5-7-15(21-4)8-6-14;/h5-10H,11-12H2,1-4H3,(H,18,19);1H. The number of aryl methyl sites for hydroxylation is 1. The van der Waals surface area contributed by atoms with Crippen LogP contribution in [0.25, 0.3) is 0 Å². The van der Waals surface area contributed by atoms with Crippen molar-refractivity contribution in [2.24, 2.45) is 4.99 Å². The molecule has 0 atom stereocenters. The number of guanidine groups is 1. The minimum Gasteiger partial charge on any atom is -0.497 e. The lowest BCUT2D eigenvalue weighted by atomic mass is 10.2. The van der Waals surface area contributed by atoms with Crippen LogP contribution < -0.4 is 10.1 Å². The van der Waals surface area contributed by atoms with Crippen LogP contribution >= 0.6 is 35.3 Å². The largest absolute Gasteiger partial charge is 0.497 e. The van der Waals surface area contributed by atoms with Crippen LogP contribution in [0.15, 0.2) is 40.7 Å². The Bertz CT molecular complexity index is 625. The molecule has 1 aromatic carbocycles. The third kappa shape index (κ3) is 5.69. The number of benzene rings is 1. The molecular weight excluding hydrogens is 421 g/mol. The average molecular weight is 445 g/mol. The van der Waals surface area contributed by atoms with Gasteiger partial charge in [-0.2, -0.15) is 0 Å². The highest BCUT2D eigenvalue weighted by molar-refractivity contribution is 14.0. The van der Waals surface area contributed by atoms with Crippen molar-refractivity contribution in [3.8, 4) is 5.75 Å².